The Bertz CT molecular complexity index is 303. The highest BCUT2D eigenvalue weighted by Gasteiger charge is 2.26. The van der Waals surface area contributed by atoms with E-state index in [9.17, 15) is 9.59 Å². The molecular formula is C13H23N3O2. The van der Waals surface area contributed by atoms with E-state index < -0.39 is 0 Å². The number of nitrogens with zero attached hydrogens (tertiary/aromatic N) is 3. The molecule has 0 aromatic carbocycles. The zero-order chi connectivity index (χ0) is 13.0. The first kappa shape index (κ1) is 13.2. The Kier molecular flexibility index (Phi) is 4.44. The molecule has 5 heteroatoms. The fraction of sp³-hybridized carbons (Fsp3) is 0.846. The van der Waals surface area contributed by atoms with Gasteiger partial charge in [0.1, 0.15) is 0 Å². The normalized spacial score (nSPS) is 21.7. The van der Waals surface area contributed by atoms with Crippen molar-refractivity contribution in [3.05, 3.63) is 0 Å². The molecule has 0 atom stereocenters. The van der Waals surface area contributed by atoms with E-state index in [1.165, 1.54) is 12.8 Å². The predicted molar refractivity (Wildman–Crippen MR) is 69.3 cm³/mol. The molecule has 2 aliphatic rings. The fourth-order valence-corrected chi connectivity index (χ4v) is 2.67. The smallest absolute Gasteiger partial charge is 0.320 e. The van der Waals surface area contributed by atoms with Gasteiger partial charge in [-0.05, 0) is 12.8 Å². The minimum atomic E-state index is 0.108. The lowest BCUT2D eigenvalue weighted by Crippen LogP contribution is -2.53. The van der Waals surface area contributed by atoms with Gasteiger partial charge in [0.25, 0.3) is 0 Å². The summed E-state index contributed by atoms with van der Waals surface area (Å²) in [5.74, 6) is 0.108. The van der Waals surface area contributed by atoms with Gasteiger partial charge in [0.05, 0.1) is 0 Å². The Morgan fingerprint density at radius 2 is 1.11 bits per heavy atom. The van der Waals surface area contributed by atoms with Gasteiger partial charge < -0.3 is 14.7 Å². The van der Waals surface area contributed by atoms with Gasteiger partial charge in [-0.3, -0.25) is 4.79 Å². The highest BCUT2D eigenvalue weighted by molar-refractivity contribution is 5.76. The second-order valence-electron chi connectivity index (χ2n) is 5.18. The van der Waals surface area contributed by atoms with Gasteiger partial charge in [0, 0.05) is 46.2 Å². The third-order valence-corrected chi connectivity index (χ3v) is 3.87. The minimum Gasteiger partial charge on any atom is -0.339 e. The lowest BCUT2D eigenvalue weighted by atomic mass is 10.2. The first-order valence-electron chi connectivity index (χ1n) is 6.98. The molecule has 2 rings (SSSR count). The SMILES string of the molecule is CC(=O)N1CCN(C(=O)N2CCCCCC2)CC1. The lowest BCUT2D eigenvalue weighted by molar-refractivity contribution is -0.130. The molecule has 0 aliphatic carbocycles. The standard InChI is InChI=1S/C13H23N3O2/c1-12(17)14-8-10-16(11-9-14)13(18)15-6-4-2-3-5-7-15/h2-11H2,1H3. The highest BCUT2D eigenvalue weighted by atomic mass is 16.2. The zero-order valence-corrected chi connectivity index (χ0v) is 11.2. The van der Waals surface area contributed by atoms with Crippen molar-refractivity contribution < 1.29 is 9.59 Å². The molecule has 0 radical (unpaired) electrons. The van der Waals surface area contributed by atoms with Crippen molar-refractivity contribution in [1.82, 2.24) is 14.7 Å². The summed E-state index contributed by atoms with van der Waals surface area (Å²) in [5.41, 5.74) is 0. The lowest BCUT2D eigenvalue weighted by Gasteiger charge is -2.37. The van der Waals surface area contributed by atoms with E-state index in [0.717, 1.165) is 25.9 Å². The number of urea groups is 1. The molecule has 0 unspecified atom stereocenters. The molecule has 102 valence electrons. The zero-order valence-electron chi connectivity index (χ0n) is 11.2. The maximum absolute atomic E-state index is 12.3. The molecule has 2 saturated heterocycles. The van der Waals surface area contributed by atoms with Crippen molar-refractivity contribution in [3.8, 4) is 0 Å². The molecule has 0 aromatic heterocycles. The number of piperazine rings is 1. The molecule has 0 bridgehead atoms. The molecule has 2 aliphatic heterocycles. The van der Waals surface area contributed by atoms with E-state index in [1.807, 2.05) is 14.7 Å². The van der Waals surface area contributed by atoms with E-state index >= 15 is 0 Å². The summed E-state index contributed by atoms with van der Waals surface area (Å²) in [6, 6.07) is 0.167. The fourth-order valence-electron chi connectivity index (χ4n) is 2.67. The van der Waals surface area contributed by atoms with Crippen LogP contribution in [0, 0.1) is 0 Å². The van der Waals surface area contributed by atoms with Crippen LogP contribution in [0.1, 0.15) is 32.6 Å². The van der Waals surface area contributed by atoms with Gasteiger partial charge in [0.15, 0.2) is 0 Å². The molecule has 0 saturated carbocycles. The summed E-state index contributed by atoms with van der Waals surface area (Å²) < 4.78 is 0. The number of carbonyl (C=O) groups excluding carboxylic acids is 2. The molecule has 18 heavy (non-hydrogen) atoms. The third-order valence-electron chi connectivity index (χ3n) is 3.87. The van der Waals surface area contributed by atoms with Crippen LogP contribution in [0.15, 0.2) is 0 Å². The molecule has 2 fully saturated rings. The van der Waals surface area contributed by atoms with Crippen molar-refractivity contribution in [1.29, 1.82) is 0 Å². The van der Waals surface area contributed by atoms with Gasteiger partial charge in [0.2, 0.25) is 5.91 Å². The molecule has 2 heterocycles. The summed E-state index contributed by atoms with van der Waals surface area (Å²) in [6.07, 6.45) is 4.72. The average Bonchev–Trinajstić information content (AvgIpc) is 2.67. The van der Waals surface area contributed by atoms with Crippen LogP contribution in [0.4, 0.5) is 4.79 Å². The Balaban J connectivity index is 1.84. The van der Waals surface area contributed by atoms with Gasteiger partial charge in [-0.15, -0.1) is 0 Å². The average molecular weight is 253 g/mol. The van der Waals surface area contributed by atoms with Crippen LogP contribution in [-0.2, 0) is 4.79 Å². The maximum atomic E-state index is 12.3. The Labute approximate surface area is 109 Å². The molecule has 0 N–H and O–H groups in total. The largest absolute Gasteiger partial charge is 0.339 e. The van der Waals surface area contributed by atoms with Gasteiger partial charge >= 0.3 is 6.03 Å². The molecule has 0 aromatic rings. The predicted octanol–water partition coefficient (Wildman–Crippen LogP) is 1.15. The van der Waals surface area contributed by atoms with Crippen molar-refractivity contribution in [2.75, 3.05) is 39.3 Å². The second-order valence-corrected chi connectivity index (χ2v) is 5.18. The second kappa shape index (κ2) is 6.07. The van der Waals surface area contributed by atoms with Crippen molar-refractivity contribution >= 4 is 11.9 Å². The van der Waals surface area contributed by atoms with Crippen molar-refractivity contribution in [3.63, 3.8) is 0 Å². The summed E-state index contributed by atoms with van der Waals surface area (Å²) >= 11 is 0. The van der Waals surface area contributed by atoms with E-state index in [4.69, 9.17) is 0 Å². The highest BCUT2D eigenvalue weighted by Crippen LogP contribution is 2.13. The Morgan fingerprint density at radius 1 is 0.667 bits per heavy atom. The van der Waals surface area contributed by atoms with Crippen LogP contribution >= 0.6 is 0 Å². The molecule has 3 amide bonds. The maximum Gasteiger partial charge on any atom is 0.320 e. The van der Waals surface area contributed by atoms with E-state index in [0.29, 0.717) is 26.2 Å². The van der Waals surface area contributed by atoms with Crippen LogP contribution in [0.3, 0.4) is 0 Å². The van der Waals surface area contributed by atoms with Gasteiger partial charge in [-0.25, -0.2) is 4.79 Å². The van der Waals surface area contributed by atoms with Crippen LogP contribution in [-0.4, -0.2) is 65.9 Å². The number of amides is 3. The number of hydrogen-bond acceptors (Lipinski definition) is 2. The topological polar surface area (TPSA) is 43.9 Å². The minimum absolute atomic E-state index is 0.108. The molecule has 0 spiro atoms. The number of likely N-dealkylation sites (tertiary alicyclic amines) is 1. The van der Waals surface area contributed by atoms with Crippen LogP contribution in [0.5, 0.6) is 0 Å². The monoisotopic (exact) mass is 253 g/mol. The molecule has 5 nitrogen and oxygen atoms in total. The molecular weight excluding hydrogens is 230 g/mol. The Morgan fingerprint density at radius 3 is 1.61 bits per heavy atom. The third kappa shape index (κ3) is 3.15. The van der Waals surface area contributed by atoms with Crippen molar-refractivity contribution in [2.24, 2.45) is 0 Å². The van der Waals surface area contributed by atoms with Gasteiger partial charge in [-0.1, -0.05) is 12.8 Å². The van der Waals surface area contributed by atoms with Crippen LogP contribution < -0.4 is 0 Å². The Hall–Kier alpha value is -1.26. The van der Waals surface area contributed by atoms with E-state index in [-0.39, 0.29) is 11.9 Å². The number of carbonyl (C=O) groups is 2. The first-order valence-corrected chi connectivity index (χ1v) is 6.98. The number of hydrogen-bond donors (Lipinski definition) is 0. The van der Waals surface area contributed by atoms with Crippen molar-refractivity contribution in [2.45, 2.75) is 32.6 Å². The number of rotatable bonds is 0. The summed E-state index contributed by atoms with van der Waals surface area (Å²) in [6.45, 7) is 6.08. The first-order chi connectivity index (χ1) is 8.68. The summed E-state index contributed by atoms with van der Waals surface area (Å²) in [7, 11) is 0. The quantitative estimate of drug-likeness (QED) is 0.650. The van der Waals surface area contributed by atoms with Crippen LogP contribution in [0.2, 0.25) is 0 Å². The van der Waals surface area contributed by atoms with E-state index in [2.05, 4.69) is 0 Å². The van der Waals surface area contributed by atoms with E-state index in [1.54, 1.807) is 6.92 Å². The summed E-state index contributed by atoms with van der Waals surface area (Å²) in [4.78, 5) is 29.3. The van der Waals surface area contributed by atoms with Gasteiger partial charge in [-0.2, -0.15) is 0 Å². The van der Waals surface area contributed by atoms with Crippen LogP contribution in [0.25, 0.3) is 0 Å². The summed E-state index contributed by atoms with van der Waals surface area (Å²) in [5, 5.41) is 0.